The SMILES string of the molecule is CCC1=CC2CN(C1)Cc1c([nH]c3ccccc13)[C@@](C)(c1cc3c(cc1OC)N(C)[C@@H]1C34CCN3CC=C[C@](CC)(C34)C([S-](#COC)CC)[C@@]1(C)O)C2. The number of rotatable bonds is 4. The van der Waals surface area contributed by atoms with Crippen LogP contribution in [0.25, 0.3) is 10.9 Å². The van der Waals surface area contributed by atoms with Crippen molar-refractivity contribution in [2.24, 2.45) is 11.3 Å². The molecule has 1 aromatic heterocycles. The van der Waals surface area contributed by atoms with Gasteiger partial charge >= 0.3 is 0 Å². The molecule has 6 aliphatic rings. The van der Waals surface area contributed by atoms with E-state index in [1.807, 2.05) is 7.11 Å². The second-order valence-corrected chi connectivity index (χ2v) is 19.5. The molecule has 2 bridgehead atoms. The highest BCUT2D eigenvalue weighted by Crippen LogP contribution is 2.68. The van der Waals surface area contributed by atoms with Crippen molar-refractivity contribution >= 4 is 26.9 Å². The fraction of sp³-hybridized carbons (Fsp3) is 0.578. The largest absolute Gasteiger partial charge is 0.496 e. The molecule has 2 N–H and O–H groups in total. The molecule has 0 radical (unpaired) electrons. The minimum atomic E-state index is -1.02. The number of anilines is 1. The Kier molecular flexibility index (Phi) is 8.44. The van der Waals surface area contributed by atoms with Crippen LogP contribution in [-0.4, -0.2) is 96.0 Å². The second-order valence-electron chi connectivity index (χ2n) is 17.4. The van der Waals surface area contributed by atoms with E-state index in [1.54, 1.807) is 12.7 Å². The van der Waals surface area contributed by atoms with E-state index in [4.69, 9.17) is 9.47 Å². The fourth-order valence-electron chi connectivity index (χ4n) is 13.3. The molecule has 9 rings (SSSR count). The zero-order chi connectivity index (χ0) is 37.1. The Morgan fingerprint density at radius 2 is 1.87 bits per heavy atom. The van der Waals surface area contributed by atoms with Crippen molar-refractivity contribution < 1.29 is 14.6 Å². The maximum absolute atomic E-state index is 13.4. The molecule has 2 fully saturated rings. The number of methoxy groups -OCH3 is 2. The van der Waals surface area contributed by atoms with Crippen molar-refractivity contribution in [1.29, 1.82) is 0 Å². The minimum absolute atomic E-state index is 0.0332. The molecule has 8 heteroatoms. The number of ether oxygens (including phenoxy) is 2. The van der Waals surface area contributed by atoms with Gasteiger partial charge in [0.1, 0.15) is 5.75 Å². The molecule has 1 saturated heterocycles. The zero-order valence-electron chi connectivity index (χ0n) is 33.1. The van der Waals surface area contributed by atoms with Crippen molar-refractivity contribution in [2.45, 2.75) is 101 Å². The van der Waals surface area contributed by atoms with Crippen molar-refractivity contribution in [2.75, 3.05) is 58.1 Å². The number of fused-ring (bicyclic) bond motifs is 6. The molecule has 5 unspecified atom stereocenters. The van der Waals surface area contributed by atoms with Crippen molar-refractivity contribution in [1.82, 2.24) is 14.8 Å². The number of aromatic nitrogens is 1. The second kappa shape index (κ2) is 12.5. The molecule has 1 saturated carbocycles. The fourth-order valence-corrected chi connectivity index (χ4v) is 15.6. The van der Waals surface area contributed by atoms with Crippen LogP contribution in [0.15, 0.2) is 60.2 Å². The number of aliphatic hydroxyl groups is 1. The topological polar surface area (TPSA) is 64.2 Å². The molecule has 1 aliphatic carbocycles. The summed E-state index contributed by atoms with van der Waals surface area (Å²) in [7, 11) is 5.44. The summed E-state index contributed by atoms with van der Waals surface area (Å²) < 4.78 is 12.2. The van der Waals surface area contributed by atoms with Crippen LogP contribution in [0, 0.1) is 16.7 Å². The maximum atomic E-state index is 13.4. The highest BCUT2D eigenvalue weighted by molar-refractivity contribution is 7.87. The summed E-state index contributed by atoms with van der Waals surface area (Å²) in [6.07, 6.45) is 11.6. The normalized spacial score (nSPS) is 37.1. The predicted octanol–water partition coefficient (Wildman–Crippen LogP) is 7.09. The van der Waals surface area contributed by atoms with E-state index in [1.165, 1.54) is 39.0 Å². The third-order valence-corrected chi connectivity index (χ3v) is 17.3. The number of aromatic amines is 1. The molecule has 7 nitrogen and oxygen atoms in total. The minimum Gasteiger partial charge on any atom is -0.496 e. The number of hydrogen-bond donors (Lipinski definition) is 2. The first-order valence-electron chi connectivity index (χ1n) is 20.1. The van der Waals surface area contributed by atoms with Crippen LogP contribution in [0.2, 0.25) is 0 Å². The summed E-state index contributed by atoms with van der Waals surface area (Å²) in [4.78, 5) is 11.9. The van der Waals surface area contributed by atoms with Gasteiger partial charge in [0, 0.05) is 91.1 Å². The number of para-hydroxylation sites is 1. The molecule has 2 aromatic carbocycles. The molecular formula is C45H59N4O3S-. The van der Waals surface area contributed by atoms with Crippen LogP contribution in [0.4, 0.5) is 5.69 Å². The summed E-state index contributed by atoms with van der Waals surface area (Å²) >= 11 is 0. The highest BCUT2D eigenvalue weighted by atomic mass is 32.2. The van der Waals surface area contributed by atoms with E-state index in [2.05, 4.69) is 121 Å². The van der Waals surface area contributed by atoms with Gasteiger partial charge in [-0.15, -0.1) is 11.1 Å². The molecule has 3 aromatic rings. The van der Waals surface area contributed by atoms with Crippen LogP contribution >= 0.6 is 0 Å². The van der Waals surface area contributed by atoms with Gasteiger partial charge in [0.05, 0.1) is 18.8 Å². The lowest BCUT2D eigenvalue weighted by atomic mass is 9.49. The van der Waals surface area contributed by atoms with E-state index in [0.29, 0.717) is 5.92 Å². The highest BCUT2D eigenvalue weighted by Gasteiger charge is 2.74. The van der Waals surface area contributed by atoms with Gasteiger partial charge in [-0.2, -0.15) is 0 Å². The Balaban J connectivity index is 1.31. The van der Waals surface area contributed by atoms with Gasteiger partial charge in [0.2, 0.25) is 0 Å². The van der Waals surface area contributed by atoms with Crippen LogP contribution in [0.1, 0.15) is 82.7 Å². The first-order valence-corrected chi connectivity index (χ1v) is 21.6. The quantitative estimate of drug-likeness (QED) is 0.221. The molecule has 53 heavy (non-hydrogen) atoms. The number of nitrogens with zero attached hydrogens (tertiary/aromatic N) is 3. The summed E-state index contributed by atoms with van der Waals surface area (Å²) in [5.74, 6) is 2.27. The Hall–Kier alpha value is -2.97. The lowest BCUT2D eigenvalue weighted by Crippen LogP contribution is -2.78. The van der Waals surface area contributed by atoms with Crippen LogP contribution in [0.3, 0.4) is 0 Å². The van der Waals surface area contributed by atoms with E-state index in [-0.39, 0.29) is 43.9 Å². The Bertz CT molecular complexity index is 2120. The Morgan fingerprint density at radius 3 is 2.60 bits per heavy atom. The van der Waals surface area contributed by atoms with Crippen molar-refractivity contribution in [3.63, 3.8) is 0 Å². The number of hydrogen-bond acceptors (Lipinski definition) is 7. The first-order chi connectivity index (χ1) is 25.5. The smallest absolute Gasteiger partial charge is 0.125 e. The van der Waals surface area contributed by atoms with Gasteiger partial charge in [0.25, 0.3) is 0 Å². The van der Waals surface area contributed by atoms with Gasteiger partial charge in [0.15, 0.2) is 0 Å². The van der Waals surface area contributed by atoms with Gasteiger partial charge in [-0.25, -0.2) is 0 Å². The molecule has 284 valence electrons. The summed E-state index contributed by atoms with van der Waals surface area (Å²) in [5.41, 5.74) is 7.52. The average Bonchev–Trinajstić information content (AvgIpc) is 3.80. The zero-order valence-corrected chi connectivity index (χ0v) is 33.9. The van der Waals surface area contributed by atoms with E-state index in [9.17, 15) is 5.11 Å². The predicted molar refractivity (Wildman–Crippen MR) is 218 cm³/mol. The lowest BCUT2D eigenvalue weighted by Gasteiger charge is -2.69. The summed E-state index contributed by atoms with van der Waals surface area (Å²) in [6.45, 7) is 16.6. The Labute approximate surface area is 319 Å². The Morgan fingerprint density at radius 1 is 1.06 bits per heavy atom. The molecule has 6 heterocycles. The molecule has 1 spiro atoms. The lowest BCUT2D eigenvalue weighted by molar-refractivity contribution is -0.0930. The summed E-state index contributed by atoms with van der Waals surface area (Å²) in [5, 5.41) is 18.1. The van der Waals surface area contributed by atoms with E-state index >= 15 is 0 Å². The molecule has 5 aliphatic heterocycles. The van der Waals surface area contributed by atoms with Gasteiger partial charge in [-0.05, 0) is 80.7 Å². The van der Waals surface area contributed by atoms with Crippen LogP contribution in [-0.2, 0) is 32.4 Å². The number of likely N-dealkylation sites (N-methyl/N-ethyl adjacent to an activating group) is 1. The van der Waals surface area contributed by atoms with E-state index < -0.39 is 5.60 Å². The van der Waals surface area contributed by atoms with Crippen LogP contribution in [0.5, 0.6) is 5.75 Å². The van der Waals surface area contributed by atoms with Crippen molar-refractivity contribution in [3.05, 3.63) is 82.6 Å². The monoisotopic (exact) mass is 735 g/mol. The maximum Gasteiger partial charge on any atom is 0.125 e. The van der Waals surface area contributed by atoms with E-state index in [0.717, 1.165) is 69.9 Å². The van der Waals surface area contributed by atoms with Crippen LogP contribution < -0.4 is 9.64 Å². The first kappa shape index (κ1) is 35.7. The third-order valence-electron chi connectivity index (χ3n) is 14.8. The van der Waals surface area contributed by atoms with Crippen molar-refractivity contribution in [3.8, 4) is 11.1 Å². The third kappa shape index (κ3) is 4.69. The molecule has 9 atom stereocenters. The standard InChI is InChI=1S/C45H59N4O3S/c1-9-29-21-30-24-42(4,38-32(27-48(25-29)26-30)31-15-12-13-16-35(31)46-38)34-22-33-36(23-37(34)52-8)47(6)39-43(5,50)41(53(11-3)28-51-7)44(10-2)17-14-19-49-20-18-45(33,39)40(44)49/h12-17,21-23,30,39-41,46,50H,9-11,18-20,24-27H2,1-8H3/q-1/t30?,39-,40?,41?,42+,43-,44+,45?/m0/s1. The molecular weight excluding hydrogens is 677 g/mol. The van der Waals surface area contributed by atoms with Gasteiger partial charge < -0.3 is 34.8 Å². The summed E-state index contributed by atoms with van der Waals surface area (Å²) in [6, 6.07) is 14.0. The molecule has 0 amide bonds. The van der Waals surface area contributed by atoms with Gasteiger partial charge in [-0.1, -0.05) is 68.0 Å². The number of H-pyrrole nitrogens is 1. The number of nitrogens with one attached hydrogen (secondary N) is 1. The average molecular weight is 736 g/mol. The van der Waals surface area contributed by atoms with Gasteiger partial charge in [-0.3, -0.25) is 9.80 Å². The number of benzene rings is 2.